The summed E-state index contributed by atoms with van der Waals surface area (Å²) in [7, 11) is 0. The second-order valence-corrected chi connectivity index (χ2v) is 8.24. The van der Waals surface area contributed by atoms with E-state index in [1.807, 2.05) is 25.1 Å². The average molecular weight is 426 g/mol. The standard InChI is InChI=1S/C22H24ClN5O2/c1-15-12-27(9-10-28(15)22(29)30)20-17-7-8-26(13-16-5-3-2-4-6-16)14-19(17)25-21(23)18(20)11-24/h2-6,15H,7-10,12-14H2,1H3,(H,29,30)/t15-/m0/s1. The van der Waals surface area contributed by atoms with Gasteiger partial charge in [-0.25, -0.2) is 9.78 Å². The van der Waals surface area contributed by atoms with Gasteiger partial charge >= 0.3 is 6.09 Å². The number of fused-ring (bicyclic) bond motifs is 1. The van der Waals surface area contributed by atoms with Crippen LogP contribution in [0.4, 0.5) is 10.5 Å². The minimum Gasteiger partial charge on any atom is -0.465 e. The predicted octanol–water partition coefficient (Wildman–Crippen LogP) is 3.35. The van der Waals surface area contributed by atoms with Gasteiger partial charge in [0.05, 0.1) is 11.4 Å². The number of halogens is 1. The first-order valence-corrected chi connectivity index (χ1v) is 10.5. The van der Waals surface area contributed by atoms with Gasteiger partial charge in [0.25, 0.3) is 0 Å². The largest absolute Gasteiger partial charge is 0.465 e. The molecule has 2 aliphatic heterocycles. The van der Waals surface area contributed by atoms with Crippen molar-refractivity contribution in [1.82, 2.24) is 14.8 Å². The van der Waals surface area contributed by atoms with Gasteiger partial charge in [0.1, 0.15) is 16.8 Å². The average Bonchev–Trinajstić information content (AvgIpc) is 2.73. The molecule has 3 heterocycles. The highest BCUT2D eigenvalue weighted by atomic mass is 35.5. The fraction of sp³-hybridized carbons (Fsp3) is 0.409. The van der Waals surface area contributed by atoms with Gasteiger partial charge in [-0.3, -0.25) is 4.90 Å². The van der Waals surface area contributed by atoms with Crippen LogP contribution in [-0.4, -0.2) is 58.2 Å². The van der Waals surface area contributed by atoms with Gasteiger partial charge in [-0.05, 0) is 18.9 Å². The number of hydrogen-bond acceptors (Lipinski definition) is 5. The molecule has 8 heteroatoms. The molecule has 1 amide bonds. The number of rotatable bonds is 3. The molecule has 0 radical (unpaired) electrons. The van der Waals surface area contributed by atoms with Crippen molar-refractivity contribution in [1.29, 1.82) is 5.26 Å². The fourth-order valence-corrected chi connectivity index (χ4v) is 4.68. The van der Waals surface area contributed by atoms with Crippen LogP contribution in [0.15, 0.2) is 30.3 Å². The number of carbonyl (C=O) groups is 1. The molecule has 7 nitrogen and oxygen atoms in total. The lowest BCUT2D eigenvalue weighted by Crippen LogP contribution is -2.54. The van der Waals surface area contributed by atoms with Gasteiger partial charge < -0.3 is 14.9 Å². The molecule has 1 atom stereocenters. The third-order valence-corrected chi connectivity index (χ3v) is 6.19. The predicted molar refractivity (Wildman–Crippen MR) is 115 cm³/mol. The molecule has 1 aromatic carbocycles. The summed E-state index contributed by atoms with van der Waals surface area (Å²) in [5.41, 5.74) is 4.45. The van der Waals surface area contributed by atoms with Crippen LogP contribution in [0, 0.1) is 11.3 Å². The minimum absolute atomic E-state index is 0.163. The Kier molecular flexibility index (Phi) is 5.80. The van der Waals surface area contributed by atoms with Gasteiger partial charge in [0.2, 0.25) is 0 Å². The van der Waals surface area contributed by atoms with Gasteiger partial charge in [0, 0.05) is 50.9 Å². The molecule has 156 valence electrons. The van der Waals surface area contributed by atoms with E-state index in [1.165, 1.54) is 10.5 Å². The Bertz CT molecular complexity index is 991. The number of carboxylic acid groups (broad SMARTS) is 1. The summed E-state index contributed by atoms with van der Waals surface area (Å²) in [6.07, 6.45) is -0.127. The van der Waals surface area contributed by atoms with Crippen molar-refractivity contribution in [2.45, 2.75) is 32.5 Å². The van der Waals surface area contributed by atoms with Crippen molar-refractivity contribution in [2.24, 2.45) is 0 Å². The number of piperazine rings is 1. The zero-order valence-corrected chi connectivity index (χ0v) is 17.6. The zero-order chi connectivity index (χ0) is 21.3. The highest BCUT2D eigenvalue weighted by molar-refractivity contribution is 6.31. The van der Waals surface area contributed by atoms with E-state index < -0.39 is 6.09 Å². The molecule has 0 saturated carbocycles. The van der Waals surface area contributed by atoms with Crippen molar-refractivity contribution < 1.29 is 9.90 Å². The highest BCUT2D eigenvalue weighted by Crippen LogP contribution is 2.36. The molecule has 1 aromatic heterocycles. The molecule has 1 saturated heterocycles. The number of anilines is 1. The highest BCUT2D eigenvalue weighted by Gasteiger charge is 2.32. The van der Waals surface area contributed by atoms with Gasteiger partial charge in [-0.15, -0.1) is 0 Å². The van der Waals surface area contributed by atoms with E-state index in [4.69, 9.17) is 11.6 Å². The lowest BCUT2D eigenvalue weighted by Gasteiger charge is -2.41. The summed E-state index contributed by atoms with van der Waals surface area (Å²) in [6.45, 7) is 5.73. The lowest BCUT2D eigenvalue weighted by molar-refractivity contribution is 0.122. The smallest absolute Gasteiger partial charge is 0.407 e. The van der Waals surface area contributed by atoms with E-state index in [0.29, 0.717) is 31.7 Å². The normalized spacial score (nSPS) is 19.3. The Hall–Kier alpha value is -2.82. The van der Waals surface area contributed by atoms with Crippen LogP contribution in [0.3, 0.4) is 0 Å². The van der Waals surface area contributed by atoms with Crippen LogP contribution in [0.2, 0.25) is 5.15 Å². The number of hydrogen-bond donors (Lipinski definition) is 1. The molecule has 2 aromatic rings. The first-order chi connectivity index (χ1) is 14.5. The molecule has 2 aliphatic rings. The molecular formula is C22H24ClN5O2. The Labute approximate surface area is 181 Å². The second kappa shape index (κ2) is 8.50. The molecule has 30 heavy (non-hydrogen) atoms. The number of benzene rings is 1. The Morgan fingerprint density at radius 1 is 1.30 bits per heavy atom. The molecule has 0 bridgehead atoms. The quantitative estimate of drug-likeness (QED) is 0.759. The SMILES string of the molecule is C[C@H]1CN(c2c(C#N)c(Cl)nc3c2CCN(Cc2ccccc2)C3)CCN1C(=O)O. The van der Waals surface area contributed by atoms with Crippen LogP contribution in [0.25, 0.3) is 0 Å². The maximum absolute atomic E-state index is 11.4. The van der Waals surface area contributed by atoms with Crippen LogP contribution < -0.4 is 4.90 Å². The Balaban J connectivity index is 1.63. The Morgan fingerprint density at radius 3 is 2.73 bits per heavy atom. The summed E-state index contributed by atoms with van der Waals surface area (Å²) in [5, 5.41) is 19.4. The zero-order valence-electron chi connectivity index (χ0n) is 16.9. The summed E-state index contributed by atoms with van der Waals surface area (Å²) in [4.78, 5) is 21.9. The molecule has 1 N–H and O–H groups in total. The lowest BCUT2D eigenvalue weighted by atomic mass is 9.97. The van der Waals surface area contributed by atoms with E-state index in [-0.39, 0.29) is 11.2 Å². The summed E-state index contributed by atoms with van der Waals surface area (Å²) in [5.74, 6) is 0. The summed E-state index contributed by atoms with van der Waals surface area (Å²) >= 11 is 6.43. The van der Waals surface area contributed by atoms with E-state index >= 15 is 0 Å². The first kappa shape index (κ1) is 20.5. The van der Waals surface area contributed by atoms with Crippen molar-refractivity contribution in [3.63, 3.8) is 0 Å². The van der Waals surface area contributed by atoms with E-state index in [0.717, 1.165) is 36.5 Å². The number of nitrogens with zero attached hydrogens (tertiary/aromatic N) is 5. The molecule has 0 spiro atoms. The number of amides is 1. The molecular weight excluding hydrogens is 402 g/mol. The van der Waals surface area contributed by atoms with Crippen LogP contribution in [0.5, 0.6) is 0 Å². The summed E-state index contributed by atoms with van der Waals surface area (Å²) < 4.78 is 0. The molecule has 0 unspecified atom stereocenters. The molecule has 1 fully saturated rings. The van der Waals surface area contributed by atoms with Crippen LogP contribution in [-0.2, 0) is 19.5 Å². The topological polar surface area (TPSA) is 83.7 Å². The third kappa shape index (κ3) is 3.93. The van der Waals surface area contributed by atoms with Crippen LogP contribution in [0.1, 0.15) is 29.3 Å². The number of aromatic nitrogens is 1. The minimum atomic E-state index is -0.908. The van der Waals surface area contributed by atoms with Gasteiger partial charge in [-0.2, -0.15) is 5.26 Å². The monoisotopic (exact) mass is 425 g/mol. The molecule has 4 rings (SSSR count). The van der Waals surface area contributed by atoms with Gasteiger partial charge in [-0.1, -0.05) is 41.9 Å². The summed E-state index contributed by atoms with van der Waals surface area (Å²) in [6, 6.07) is 12.4. The van der Waals surface area contributed by atoms with Crippen molar-refractivity contribution in [3.05, 3.63) is 57.9 Å². The third-order valence-electron chi connectivity index (χ3n) is 5.91. The van der Waals surface area contributed by atoms with Crippen molar-refractivity contribution in [2.75, 3.05) is 31.1 Å². The first-order valence-electron chi connectivity index (χ1n) is 10.1. The number of pyridine rings is 1. The maximum Gasteiger partial charge on any atom is 0.407 e. The van der Waals surface area contributed by atoms with Crippen LogP contribution >= 0.6 is 11.6 Å². The number of nitriles is 1. The molecule has 0 aliphatic carbocycles. The fourth-order valence-electron chi connectivity index (χ4n) is 4.45. The van der Waals surface area contributed by atoms with E-state index in [2.05, 4.69) is 33.0 Å². The van der Waals surface area contributed by atoms with E-state index in [1.54, 1.807) is 0 Å². The Morgan fingerprint density at radius 2 is 2.07 bits per heavy atom. The van der Waals surface area contributed by atoms with Gasteiger partial charge in [0.15, 0.2) is 0 Å². The van der Waals surface area contributed by atoms with Crippen molar-refractivity contribution >= 4 is 23.4 Å². The van der Waals surface area contributed by atoms with E-state index in [9.17, 15) is 15.2 Å². The van der Waals surface area contributed by atoms with Crippen molar-refractivity contribution in [3.8, 4) is 6.07 Å². The second-order valence-electron chi connectivity index (χ2n) is 7.88. The maximum atomic E-state index is 11.4.